The number of thiol groups is 1. The second kappa shape index (κ2) is 6.35. The number of rotatable bonds is 4. The van der Waals surface area contributed by atoms with E-state index in [-0.39, 0.29) is 0 Å². The van der Waals surface area contributed by atoms with Crippen molar-refractivity contribution in [1.29, 1.82) is 0 Å². The van der Waals surface area contributed by atoms with Gasteiger partial charge in [-0.05, 0) is 18.6 Å². The van der Waals surface area contributed by atoms with Crippen molar-refractivity contribution >= 4 is 24.4 Å². The normalized spacial score (nSPS) is 9.73. The number of carbonyl (C=O) groups is 1. The highest BCUT2D eigenvalue weighted by molar-refractivity contribution is 7.80. The first-order chi connectivity index (χ1) is 7.24. The number of benzene rings is 1. The number of anilines is 1. The summed E-state index contributed by atoms with van der Waals surface area (Å²) in [5, 5.41) is 2.63. The maximum Gasteiger partial charge on any atom is 0.411 e. The van der Waals surface area contributed by atoms with Crippen LogP contribution in [0.1, 0.15) is 19.8 Å². The van der Waals surface area contributed by atoms with Crippen LogP contribution in [-0.2, 0) is 4.74 Å². The molecule has 0 unspecified atom stereocenters. The maximum absolute atomic E-state index is 11.3. The van der Waals surface area contributed by atoms with E-state index in [2.05, 4.69) is 17.9 Å². The molecule has 1 N–H and O–H groups in total. The average molecular weight is 225 g/mol. The average Bonchev–Trinajstić information content (AvgIpc) is 2.22. The second-order valence-corrected chi connectivity index (χ2v) is 3.61. The zero-order valence-electron chi connectivity index (χ0n) is 8.69. The van der Waals surface area contributed by atoms with E-state index in [0.717, 1.165) is 17.7 Å². The monoisotopic (exact) mass is 225 g/mol. The van der Waals surface area contributed by atoms with Crippen LogP contribution < -0.4 is 5.32 Å². The number of hydrogen-bond acceptors (Lipinski definition) is 3. The van der Waals surface area contributed by atoms with E-state index in [1.807, 2.05) is 25.1 Å². The summed E-state index contributed by atoms with van der Waals surface area (Å²) in [7, 11) is 0. The summed E-state index contributed by atoms with van der Waals surface area (Å²) in [6, 6.07) is 7.28. The van der Waals surface area contributed by atoms with Gasteiger partial charge in [0, 0.05) is 4.90 Å². The Bertz CT molecular complexity index is 328. The predicted octanol–water partition coefficient (Wildman–Crippen LogP) is 3.32. The smallest absolute Gasteiger partial charge is 0.411 e. The molecule has 0 aromatic heterocycles. The van der Waals surface area contributed by atoms with Crippen LogP contribution in [0.15, 0.2) is 29.2 Å². The fourth-order valence-corrected chi connectivity index (χ4v) is 1.25. The largest absolute Gasteiger partial charge is 0.449 e. The second-order valence-electron chi connectivity index (χ2n) is 3.13. The maximum atomic E-state index is 11.3. The van der Waals surface area contributed by atoms with Crippen LogP contribution in [0.3, 0.4) is 0 Å². The molecule has 15 heavy (non-hydrogen) atoms. The quantitative estimate of drug-likeness (QED) is 0.609. The minimum atomic E-state index is -0.426. The summed E-state index contributed by atoms with van der Waals surface area (Å²) in [5.74, 6) is 0. The molecule has 0 fully saturated rings. The molecule has 1 aromatic rings. The Morgan fingerprint density at radius 3 is 2.87 bits per heavy atom. The fourth-order valence-electron chi connectivity index (χ4n) is 1.03. The van der Waals surface area contributed by atoms with Crippen molar-refractivity contribution in [2.45, 2.75) is 24.7 Å². The van der Waals surface area contributed by atoms with E-state index in [1.54, 1.807) is 6.07 Å². The molecule has 0 aliphatic rings. The molecule has 0 heterocycles. The van der Waals surface area contributed by atoms with Gasteiger partial charge >= 0.3 is 6.09 Å². The number of carbonyl (C=O) groups excluding carboxylic acids is 1. The summed E-state index contributed by atoms with van der Waals surface area (Å²) in [6.45, 7) is 2.50. The molecule has 1 rings (SSSR count). The number of amides is 1. The Morgan fingerprint density at radius 1 is 1.47 bits per heavy atom. The SMILES string of the molecule is CCCCOC(=O)Nc1ccccc1S. The molecule has 0 atom stereocenters. The Morgan fingerprint density at radius 2 is 2.20 bits per heavy atom. The Hall–Kier alpha value is -1.16. The van der Waals surface area contributed by atoms with Gasteiger partial charge in [0.25, 0.3) is 0 Å². The molecule has 0 saturated heterocycles. The van der Waals surface area contributed by atoms with Crippen LogP contribution in [-0.4, -0.2) is 12.7 Å². The summed E-state index contributed by atoms with van der Waals surface area (Å²) < 4.78 is 4.96. The molecule has 0 aliphatic heterocycles. The molecule has 1 aromatic carbocycles. The Kier molecular flexibility index (Phi) is 5.04. The van der Waals surface area contributed by atoms with Gasteiger partial charge in [0.1, 0.15) is 0 Å². The first-order valence-electron chi connectivity index (χ1n) is 4.95. The molecule has 0 radical (unpaired) electrons. The van der Waals surface area contributed by atoms with Crippen LogP contribution >= 0.6 is 12.6 Å². The summed E-state index contributed by atoms with van der Waals surface area (Å²) in [6.07, 6.45) is 1.47. The van der Waals surface area contributed by atoms with Crippen LogP contribution in [0.2, 0.25) is 0 Å². The van der Waals surface area contributed by atoms with Gasteiger partial charge in [-0.15, -0.1) is 12.6 Å². The van der Waals surface area contributed by atoms with E-state index < -0.39 is 6.09 Å². The van der Waals surface area contributed by atoms with Gasteiger partial charge in [0.2, 0.25) is 0 Å². The third-order valence-electron chi connectivity index (χ3n) is 1.87. The first kappa shape index (κ1) is 11.9. The van der Waals surface area contributed by atoms with Crippen LogP contribution in [0, 0.1) is 0 Å². The minimum Gasteiger partial charge on any atom is -0.449 e. The van der Waals surface area contributed by atoms with Crippen molar-refractivity contribution in [3.63, 3.8) is 0 Å². The molecule has 0 spiro atoms. The molecule has 0 aliphatic carbocycles. The summed E-state index contributed by atoms with van der Waals surface area (Å²) in [5.41, 5.74) is 0.669. The highest BCUT2D eigenvalue weighted by atomic mass is 32.1. The van der Waals surface area contributed by atoms with E-state index in [4.69, 9.17) is 4.74 Å². The lowest BCUT2D eigenvalue weighted by atomic mass is 10.3. The van der Waals surface area contributed by atoms with Crippen molar-refractivity contribution < 1.29 is 9.53 Å². The summed E-state index contributed by atoms with van der Waals surface area (Å²) >= 11 is 4.21. The third kappa shape index (κ3) is 4.25. The molecule has 3 nitrogen and oxygen atoms in total. The van der Waals surface area contributed by atoms with Crippen LogP contribution in [0.4, 0.5) is 10.5 Å². The first-order valence-corrected chi connectivity index (χ1v) is 5.40. The van der Waals surface area contributed by atoms with Gasteiger partial charge in [-0.2, -0.15) is 0 Å². The van der Waals surface area contributed by atoms with E-state index in [9.17, 15) is 4.79 Å². The highest BCUT2D eigenvalue weighted by Crippen LogP contribution is 2.18. The van der Waals surface area contributed by atoms with Gasteiger partial charge in [-0.3, -0.25) is 5.32 Å². The number of ether oxygens (including phenoxy) is 1. The minimum absolute atomic E-state index is 0.426. The molecule has 82 valence electrons. The van der Waals surface area contributed by atoms with Gasteiger partial charge in [0.05, 0.1) is 12.3 Å². The molecule has 0 saturated carbocycles. The number of unbranched alkanes of at least 4 members (excludes halogenated alkanes) is 1. The van der Waals surface area contributed by atoms with Crippen LogP contribution in [0.5, 0.6) is 0 Å². The summed E-state index contributed by atoms with van der Waals surface area (Å²) in [4.78, 5) is 12.0. The Labute approximate surface area is 95.2 Å². The van der Waals surface area contributed by atoms with Crippen molar-refractivity contribution in [2.75, 3.05) is 11.9 Å². The number of nitrogens with one attached hydrogen (secondary N) is 1. The molecule has 1 amide bonds. The number of hydrogen-bond donors (Lipinski definition) is 2. The van der Waals surface area contributed by atoms with Gasteiger partial charge in [0.15, 0.2) is 0 Å². The molecule has 4 heteroatoms. The topological polar surface area (TPSA) is 38.3 Å². The predicted molar refractivity (Wildman–Crippen MR) is 63.6 cm³/mol. The zero-order valence-corrected chi connectivity index (χ0v) is 9.59. The van der Waals surface area contributed by atoms with E-state index in [1.165, 1.54) is 0 Å². The van der Waals surface area contributed by atoms with E-state index in [0.29, 0.717) is 12.3 Å². The standard InChI is InChI=1S/C11H15NO2S/c1-2-3-8-14-11(13)12-9-6-4-5-7-10(9)15/h4-7,15H,2-3,8H2,1H3,(H,12,13). The fraction of sp³-hybridized carbons (Fsp3) is 0.364. The van der Waals surface area contributed by atoms with E-state index >= 15 is 0 Å². The van der Waals surface area contributed by atoms with Crippen molar-refractivity contribution in [2.24, 2.45) is 0 Å². The van der Waals surface area contributed by atoms with Gasteiger partial charge in [-0.25, -0.2) is 4.79 Å². The molecule has 0 bridgehead atoms. The van der Waals surface area contributed by atoms with Gasteiger partial charge in [-0.1, -0.05) is 25.5 Å². The van der Waals surface area contributed by atoms with Crippen LogP contribution in [0.25, 0.3) is 0 Å². The molecular formula is C11H15NO2S. The zero-order chi connectivity index (χ0) is 11.1. The Balaban J connectivity index is 2.41. The molecular weight excluding hydrogens is 210 g/mol. The lowest BCUT2D eigenvalue weighted by Gasteiger charge is -2.07. The lowest BCUT2D eigenvalue weighted by Crippen LogP contribution is -2.14. The van der Waals surface area contributed by atoms with Crippen molar-refractivity contribution in [1.82, 2.24) is 0 Å². The number of para-hydroxylation sites is 1. The highest BCUT2D eigenvalue weighted by Gasteiger charge is 2.04. The van der Waals surface area contributed by atoms with Crippen molar-refractivity contribution in [3.05, 3.63) is 24.3 Å². The lowest BCUT2D eigenvalue weighted by molar-refractivity contribution is 0.160. The third-order valence-corrected chi connectivity index (χ3v) is 2.26. The van der Waals surface area contributed by atoms with Crippen molar-refractivity contribution in [3.8, 4) is 0 Å². The van der Waals surface area contributed by atoms with Gasteiger partial charge < -0.3 is 4.74 Å².